The van der Waals surface area contributed by atoms with Crippen molar-refractivity contribution in [2.45, 2.75) is 31.8 Å². The van der Waals surface area contributed by atoms with Crippen LogP contribution in [-0.4, -0.2) is 31.2 Å². The minimum absolute atomic E-state index is 0.0876. The van der Waals surface area contributed by atoms with Crippen LogP contribution >= 0.6 is 11.6 Å². The molecule has 0 spiro atoms. The lowest BCUT2D eigenvalue weighted by molar-refractivity contribution is 0.0520. The number of ether oxygens (including phenoxy) is 1. The number of nitrogens with zero attached hydrogens (tertiary/aromatic N) is 1. The van der Waals surface area contributed by atoms with Gasteiger partial charge < -0.3 is 4.74 Å². The Bertz CT molecular complexity index is 883. The van der Waals surface area contributed by atoms with Crippen LogP contribution in [0.4, 0.5) is 4.39 Å². The minimum atomic E-state index is -4.11. The van der Waals surface area contributed by atoms with E-state index in [1.807, 2.05) is 0 Å². The van der Waals surface area contributed by atoms with E-state index in [0.717, 1.165) is 6.07 Å². The van der Waals surface area contributed by atoms with Gasteiger partial charge in [-0.1, -0.05) is 24.6 Å². The number of carbonyl (C=O) groups is 1. The molecule has 0 atom stereocenters. The third kappa shape index (κ3) is 4.36. The van der Waals surface area contributed by atoms with Gasteiger partial charge in [-0.15, -0.1) is 0 Å². The maximum absolute atomic E-state index is 13.1. The van der Waals surface area contributed by atoms with Gasteiger partial charge in [-0.2, -0.15) is 5.10 Å². The highest BCUT2D eigenvalue weighted by Gasteiger charge is 2.29. The first-order valence-corrected chi connectivity index (χ1v) is 9.34. The van der Waals surface area contributed by atoms with Crippen LogP contribution in [0.1, 0.15) is 35.5 Å². The van der Waals surface area contributed by atoms with Gasteiger partial charge in [-0.3, -0.25) is 5.10 Å². The molecule has 0 aliphatic rings. The molecule has 0 aliphatic heterocycles. The summed E-state index contributed by atoms with van der Waals surface area (Å²) in [7, 11) is -4.11. The molecule has 1 aromatic carbocycles. The maximum atomic E-state index is 13.1. The zero-order valence-electron chi connectivity index (χ0n) is 13.6. The number of H-pyrrole nitrogens is 1. The van der Waals surface area contributed by atoms with E-state index in [1.165, 1.54) is 12.1 Å². The lowest BCUT2D eigenvalue weighted by Gasteiger charge is -2.08. The molecule has 136 valence electrons. The fraction of sp³-hybridized carbons (Fsp3) is 0.333. The van der Waals surface area contributed by atoms with Crippen molar-refractivity contribution in [1.82, 2.24) is 14.9 Å². The van der Waals surface area contributed by atoms with E-state index in [9.17, 15) is 17.6 Å². The van der Waals surface area contributed by atoms with Crippen LogP contribution in [-0.2, 0) is 27.7 Å². The lowest BCUT2D eigenvalue weighted by Crippen LogP contribution is -2.26. The number of sulfonamides is 1. The van der Waals surface area contributed by atoms with Crippen molar-refractivity contribution >= 4 is 27.6 Å². The van der Waals surface area contributed by atoms with Gasteiger partial charge in [0.2, 0.25) is 5.03 Å². The quantitative estimate of drug-likeness (QED) is 0.708. The van der Waals surface area contributed by atoms with Gasteiger partial charge in [0, 0.05) is 11.6 Å². The SMILES string of the molecule is CCOC(=O)c1c(S(=O)(=O)NCc2ccc(F)cc2Cl)n[nH]c1CC. The van der Waals surface area contributed by atoms with Crippen LogP contribution in [0.25, 0.3) is 0 Å². The van der Waals surface area contributed by atoms with Gasteiger partial charge in [0.1, 0.15) is 11.4 Å². The second-order valence-corrected chi connectivity index (χ2v) is 7.11. The van der Waals surface area contributed by atoms with Crippen molar-refractivity contribution in [1.29, 1.82) is 0 Å². The minimum Gasteiger partial charge on any atom is -0.462 e. The van der Waals surface area contributed by atoms with Gasteiger partial charge in [0.05, 0.1) is 12.3 Å². The first kappa shape index (κ1) is 19.4. The highest BCUT2D eigenvalue weighted by molar-refractivity contribution is 7.89. The molecule has 1 heterocycles. The summed E-state index contributed by atoms with van der Waals surface area (Å²) in [6, 6.07) is 3.62. The summed E-state index contributed by atoms with van der Waals surface area (Å²) in [6.07, 6.45) is 0.375. The molecule has 0 unspecified atom stereocenters. The molecule has 0 fully saturated rings. The summed E-state index contributed by atoms with van der Waals surface area (Å²) in [5.41, 5.74) is 0.622. The number of carbonyl (C=O) groups excluding carboxylic acids is 1. The molecule has 0 amide bonds. The average Bonchev–Trinajstić information content (AvgIpc) is 2.99. The molecule has 25 heavy (non-hydrogen) atoms. The first-order chi connectivity index (χ1) is 11.8. The first-order valence-electron chi connectivity index (χ1n) is 7.48. The number of hydrogen-bond donors (Lipinski definition) is 2. The Labute approximate surface area is 149 Å². The molecular weight excluding hydrogens is 373 g/mol. The summed E-state index contributed by atoms with van der Waals surface area (Å²) in [6.45, 7) is 3.29. The number of aromatic amines is 1. The molecule has 2 rings (SSSR count). The van der Waals surface area contributed by atoms with E-state index in [1.54, 1.807) is 13.8 Å². The van der Waals surface area contributed by atoms with Crippen molar-refractivity contribution in [3.05, 3.63) is 45.9 Å². The predicted molar refractivity (Wildman–Crippen MR) is 89.4 cm³/mol. The van der Waals surface area contributed by atoms with Gasteiger partial charge in [0.15, 0.2) is 0 Å². The summed E-state index contributed by atoms with van der Waals surface area (Å²) >= 11 is 5.88. The molecule has 2 aromatic rings. The van der Waals surface area contributed by atoms with Crippen LogP contribution in [0.15, 0.2) is 23.2 Å². The fourth-order valence-corrected chi connectivity index (χ4v) is 3.49. The summed E-state index contributed by atoms with van der Waals surface area (Å²) in [4.78, 5) is 12.1. The van der Waals surface area contributed by atoms with Crippen molar-refractivity contribution < 1.29 is 22.3 Å². The number of hydrogen-bond acceptors (Lipinski definition) is 5. The van der Waals surface area contributed by atoms with Crippen LogP contribution in [0.3, 0.4) is 0 Å². The smallest absolute Gasteiger partial charge is 0.343 e. The number of esters is 1. The molecular formula is C15H17ClFN3O4S. The van der Waals surface area contributed by atoms with E-state index in [-0.39, 0.29) is 23.7 Å². The summed E-state index contributed by atoms with van der Waals surface area (Å²) < 4.78 is 45.3. The zero-order valence-corrected chi connectivity index (χ0v) is 15.2. The molecule has 0 bridgehead atoms. The molecule has 0 aliphatic carbocycles. The maximum Gasteiger partial charge on any atom is 0.343 e. The molecule has 10 heteroatoms. The summed E-state index contributed by atoms with van der Waals surface area (Å²) in [5, 5.41) is 5.93. The van der Waals surface area contributed by atoms with Crippen LogP contribution in [0.2, 0.25) is 5.02 Å². The average molecular weight is 390 g/mol. The van der Waals surface area contributed by atoms with E-state index in [0.29, 0.717) is 17.7 Å². The van der Waals surface area contributed by atoms with Crippen molar-refractivity contribution in [3.63, 3.8) is 0 Å². The van der Waals surface area contributed by atoms with E-state index < -0.39 is 26.8 Å². The van der Waals surface area contributed by atoms with Gasteiger partial charge in [-0.05, 0) is 31.0 Å². The van der Waals surface area contributed by atoms with E-state index in [2.05, 4.69) is 14.9 Å². The Morgan fingerprint density at radius 2 is 2.12 bits per heavy atom. The number of nitrogens with one attached hydrogen (secondary N) is 2. The number of aromatic nitrogens is 2. The van der Waals surface area contributed by atoms with E-state index in [4.69, 9.17) is 16.3 Å². The Hall–Kier alpha value is -1.97. The molecule has 7 nitrogen and oxygen atoms in total. The predicted octanol–water partition coefficient (Wildman–Crippen LogP) is 2.42. The Morgan fingerprint density at radius 1 is 1.40 bits per heavy atom. The lowest BCUT2D eigenvalue weighted by atomic mass is 10.2. The second kappa shape index (κ2) is 7.94. The zero-order chi connectivity index (χ0) is 18.6. The van der Waals surface area contributed by atoms with Crippen molar-refractivity contribution in [3.8, 4) is 0 Å². The molecule has 1 aromatic heterocycles. The van der Waals surface area contributed by atoms with Crippen LogP contribution in [0, 0.1) is 5.82 Å². The standard InChI is InChI=1S/C15H17ClFN3O4S/c1-3-12-13(15(21)24-4-2)14(20-19-12)25(22,23)18-8-9-5-6-10(17)7-11(9)16/h5-7,18H,3-4,8H2,1-2H3,(H,19,20). The Balaban J connectivity index is 2.30. The second-order valence-electron chi connectivity index (χ2n) is 5.02. The van der Waals surface area contributed by atoms with Gasteiger partial charge in [-0.25, -0.2) is 22.3 Å². The normalized spacial score (nSPS) is 11.5. The number of halogens is 2. The highest BCUT2D eigenvalue weighted by atomic mass is 35.5. The molecule has 0 saturated heterocycles. The summed E-state index contributed by atoms with van der Waals surface area (Å²) in [5.74, 6) is -1.30. The van der Waals surface area contributed by atoms with Gasteiger partial charge in [0.25, 0.3) is 10.0 Å². The van der Waals surface area contributed by atoms with Crippen LogP contribution < -0.4 is 4.72 Å². The third-order valence-electron chi connectivity index (χ3n) is 3.36. The third-order valence-corrected chi connectivity index (χ3v) is 5.04. The van der Waals surface area contributed by atoms with Crippen molar-refractivity contribution in [2.75, 3.05) is 6.61 Å². The van der Waals surface area contributed by atoms with E-state index >= 15 is 0 Å². The molecule has 0 saturated carbocycles. The number of aryl methyl sites for hydroxylation is 1. The molecule has 0 radical (unpaired) electrons. The largest absolute Gasteiger partial charge is 0.462 e. The monoisotopic (exact) mass is 389 g/mol. The molecule has 2 N–H and O–H groups in total. The fourth-order valence-electron chi connectivity index (χ4n) is 2.13. The number of benzene rings is 1. The Kier molecular flexibility index (Phi) is 6.15. The topological polar surface area (TPSA) is 101 Å². The Morgan fingerprint density at radius 3 is 2.72 bits per heavy atom. The van der Waals surface area contributed by atoms with Gasteiger partial charge >= 0.3 is 5.97 Å². The van der Waals surface area contributed by atoms with Crippen LogP contribution in [0.5, 0.6) is 0 Å². The highest BCUT2D eigenvalue weighted by Crippen LogP contribution is 2.21. The van der Waals surface area contributed by atoms with Crippen molar-refractivity contribution in [2.24, 2.45) is 0 Å². The number of rotatable bonds is 7.